The molecule has 3 nitrogen and oxygen atoms in total. The van der Waals surface area contributed by atoms with Crippen LogP contribution in [-0.4, -0.2) is 17.2 Å². The standard InChI is InChI=1S/C36H28BNO2/c39-37(40)33-16-8-14-31(25-33)32-15-9-19-36(26-32)38(34-17-5-2-6-18-34)35-22-20-28(21-23-35)30-13-7-12-29(24-30)27-10-3-1-4-11-27/h1-26,39-40H. The molecule has 0 fully saturated rings. The lowest BCUT2D eigenvalue weighted by molar-refractivity contribution is 0.426. The van der Waals surface area contributed by atoms with Crippen molar-refractivity contribution < 1.29 is 10.0 Å². The van der Waals surface area contributed by atoms with E-state index in [1.54, 1.807) is 6.07 Å². The molecule has 0 amide bonds. The first-order valence-electron chi connectivity index (χ1n) is 13.3. The summed E-state index contributed by atoms with van der Waals surface area (Å²) in [7, 11) is -1.50. The Labute approximate surface area is 235 Å². The van der Waals surface area contributed by atoms with Crippen LogP contribution in [0.1, 0.15) is 0 Å². The van der Waals surface area contributed by atoms with Gasteiger partial charge in [0.2, 0.25) is 0 Å². The van der Waals surface area contributed by atoms with E-state index in [4.69, 9.17) is 0 Å². The van der Waals surface area contributed by atoms with Gasteiger partial charge in [0, 0.05) is 17.1 Å². The Bertz CT molecular complexity index is 1720. The molecule has 0 aromatic heterocycles. The third kappa shape index (κ3) is 5.45. The molecule has 0 radical (unpaired) electrons. The van der Waals surface area contributed by atoms with Crippen molar-refractivity contribution in [1.29, 1.82) is 0 Å². The molecule has 0 aliphatic heterocycles. The molecule has 0 aliphatic rings. The predicted octanol–water partition coefficient (Wildman–Crippen LogP) is 7.84. The molecule has 6 aromatic rings. The van der Waals surface area contributed by atoms with Crippen molar-refractivity contribution in [3.8, 4) is 33.4 Å². The highest BCUT2D eigenvalue weighted by Gasteiger charge is 2.15. The van der Waals surface area contributed by atoms with E-state index < -0.39 is 7.12 Å². The van der Waals surface area contributed by atoms with Gasteiger partial charge in [0.25, 0.3) is 0 Å². The van der Waals surface area contributed by atoms with Crippen LogP contribution in [0.5, 0.6) is 0 Å². The Morgan fingerprint density at radius 1 is 0.350 bits per heavy atom. The molecule has 192 valence electrons. The molecule has 40 heavy (non-hydrogen) atoms. The van der Waals surface area contributed by atoms with Crippen LogP contribution in [0.15, 0.2) is 158 Å². The minimum absolute atomic E-state index is 0.467. The second-order valence-corrected chi connectivity index (χ2v) is 9.71. The van der Waals surface area contributed by atoms with Gasteiger partial charge >= 0.3 is 7.12 Å². The zero-order valence-electron chi connectivity index (χ0n) is 21.9. The fraction of sp³-hybridized carbons (Fsp3) is 0. The second-order valence-electron chi connectivity index (χ2n) is 9.71. The van der Waals surface area contributed by atoms with Crippen LogP contribution in [0.3, 0.4) is 0 Å². The zero-order chi connectivity index (χ0) is 27.3. The van der Waals surface area contributed by atoms with E-state index in [-0.39, 0.29) is 0 Å². The molecule has 0 bridgehead atoms. The minimum Gasteiger partial charge on any atom is -0.423 e. The Morgan fingerprint density at radius 2 is 0.800 bits per heavy atom. The number of hydrogen-bond donors (Lipinski definition) is 2. The molecule has 0 unspecified atom stereocenters. The van der Waals surface area contributed by atoms with E-state index in [1.807, 2.05) is 54.6 Å². The van der Waals surface area contributed by atoms with E-state index in [2.05, 4.69) is 102 Å². The Balaban J connectivity index is 1.37. The number of hydrogen-bond acceptors (Lipinski definition) is 3. The van der Waals surface area contributed by atoms with Crippen LogP contribution in [0.2, 0.25) is 0 Å². The molecule has 6 rings (SSSR count). The van der Waals surface area contributed by atoms with Crippen LogP contribution < -0.4 is 10.4 Å². The quantitative estimate of drug-likeness (QED) is 0.212. The molecular weight excluding hydrogens is 489 g/mol. The molecule has 0 saturated carbocycles. The van der Waals surface area contributed by atoms with Crippen molar-refractivity contribution >= 4 is 29.6 Å². The molecule has 4 heteroatoms. The highest BCUT2D eigenvalue weighted by Crippen LogP contribution is 2.37. The van der Waals surface area contributed by atoms with Crippen LogP contribution in [0.25, 0.3) is 33.4 Å². The normalized spacial score (nSPS) is 10.8. The van der Waals surface area contributed by atoms with Gasteiger partial charge < -0.3 is 14.9 Å². The summed E-state index contributed by atoms with van der Waals surface area (Å²) in [5.74, 6) is 0. The van der Waals surface area contributed by atoms with Crippen molar-refractivity contribution in [3.63, 3.8) is 0 Å². The van der Waals surface area contributed by atoms with Gasteiger partial charge in [-0.25, -0.2) is 0 Å². The summed E-state index contributed by atoms with van der Waals surface area (Å²) in [6.45, 7) is 0. The number of anilines is 3. The smallest absolute Gasteiger partial charge is 0.423 e. The summed E-state index contributed by atoms with van der Waals surface area (Å²) in [4.78, 5) is 2.23. The monoisotopic (exact) mass is 517 g/mol. The lowest BCUT2D eigenvalue weighted by Gasteiger charge is -2.26. The summed E-state index contributed by atoms with van der Waals surface area (Å²) in [6, 6.07) is 53.7. The molecule has 0 atom stereocenters. The van der Waals surface area contributed by atoms with Crippen LogP contribution in [0, 0.1) is 0 Å². The zero-order valence-corrected chi connectivity index (χ0v) is 21.9. The topological polar surface area (TPSA) is 43.7 Å². The van der Waals surface area contributed by atoms with E-state index >= 15 is 0 Å². The summed E-state index contributed by atoms with van der Waals surface area (Å²) >= 11 is 0. The summed E-state index contributed by atoms with van der Waals surface area (Å²) in [5, 5.41) is 19.3. The van der Waals surface area contributed by atoms with Gasteiger partial charge in [-0.15, -0.1) is 0 Å². The average molecular weight is 517 g/mol. The van der Waals surface area contributed by atoms with Gasteiger partial charge in [-0.1, -0.05) is 115 Å². The SMILES string of the molecule is OB(O)c1cccc(-c2cccc(N(c3ccccc3)c3ccc(-c4cccc(-c5ccccc5)c4)cc3)c2)c1. The maximum Gasteiger partial charge on any atom is 0.488 e. The summed E-state index contributed by atoms with van der Waals surface area (Å²) < 4.78 is 0. The molecule has 6 aromatic carbocycles. The first-order chi connectivity index (χ1) is 19.7. The van der Waals surface area contributed by atoms with Crippen molar-refractivity contribution in [3.05, 3.63) is 158 Å². The first-order valence-corrected chi connectivity index (χ1v) is 13.3. The van der Waals surface area contributed by atoms with Crippen molar-refractivity contribution in [2.75, 3.05) is 4.90 Å². The van der Waals surface area contributed by atoms with E-state index in [0.29, 0.717) is 5.46 Å². The molecule has 0 saturated heterocycles. The fourth-order valence-corrected chi connectivity index (χ4v) is 5.04. The van der Waals surface area contributed by atoms with Crippen molar-refractivity contribution in [1.82, 2.24) is 0 Å². The van der Waals surface area contributed by atoms with Crippen LogP contribution in [-0.2, 0) is 0 Å². The van der Waals surface area contributed by atoms with E-state index in [0.717, 1.165) is 33.8 Å². The summed E-state index contributed by atoms with van der Waals surface area (Å²) in [5.41, 5.74) is 10.2. The highest BCUT2D eigenvalue weighted by molar-refractivity contribution is 6.58. The fourth-order valence-electron chi connectivity index (χ4n) is 5.04. The van der Waals surface area contributed by atoms with Gasteiger partial charge in [-0.2, -0.15) is 0 Å². The molecule has 0 heterocycles. The number of rotatable bonds is 7. The second kappa shape index (κ2) is 11.5. The van der Waals surface area contributed by atoms with Gasteiger partial charge in [-0.3, -0.25) is 0 Å². The number of benzene rings is 6. The van der Waals surface area contributed by atoms with E-state index in [1.165, 1.54) is 16.7 Å². The maximum atomic E-state index is 9.66. The van der Waals surface area contributed by atoms with Gasteiger partial charge in [-0.05, 0) is 81.3 Å². The van der Waals surface area contributed by atoms with Gasteiger partial charge in [0.1, 0.15) is 0 Å². The third-order valence-electron chi connectivity index (χ3n) is 7.07. The Kier molecular flexibility index (Phi) is 7.27. The maximum absolute atomic E-state index is 9.66. The lowest BCUT2D eigenvalue weighted by Crippen LogP contribution is -2.29. The predicted molar refractivity (Wildman–Crippen MR) is 167 cm³/mol. The number of para-hydroxylation sites is 1. The average Bonchev–Trinajstić information content (AvgIpc) is 3.03. The Hall–Kier alpha value is -4.90. The first kappa shape index (κ1) is 25.4. The molecule has 0 spiro atoms. The van der Waals surface area contributed by atoms with Crippen molar-refractivity contribution in [2.24, 2.45) is 0 Å². The van der Waals surface area contributed by atoms with Gasteiger partial charge in [0.05, 0.1) is 0 Å². The van der Waals surface area contributed by atoms with Crippen LogP contribution in [0.4, 0.5) is 17.1 Å². The van der Waals surface area contributed by atoms with E-state index in [9.17, 15) is 10.0 Å². The van der Waals surface area contributed by atoms with Crippen LogP contribution >= 0.6 is 0 Å². The van der Waals surface area contributed by atoms with Gasteiger partial charge in [0.15, 0.2) is 0 Å². The Morgan fingerprint density at radius 3 is 1.45 bits per heavy atom. The third-order valence-corrected chi connectivity index (χ3v) is 7.07. The number of nitrogens with zero attached hydrogens (tertiary/aromatic N) is 1. The molecule has 2 N–H and O–H groups in total. The highest BCUT2D eigenvalue weighted by atomic mass is 16.4. The lowest BCUT2D eigenvalue weighted by atomic mass is 9.79. The molecular formula is C36H28BNO2. The van der Waals surface area contributed by atoms with Crippen molar-refractivity contribution in [2.45, 2.75) is 0 Å². The minimum atomic E-state index is -1.50. The molecule has 0 aliphatic carbocycles. The summed E-state index contributed by atoms with van der Waals surface area (Å²) in [6.07, 6.45) is 0. The largest absolute Gasteiger partial charge is 0.488 e.